The fourth-order valence-corrected chi connectivity index (χ4v) is 1.29. The number of pyridine rings is 1. The first-order chi connectivity index (χ1) is 9.67. The maximum absolute atomic E-state index is 12.1. The number of halogens is 3. The Labute approximate surface area is 117 Å². The van der Waals surface area contributed by atoms with Crippen LogP contribution in [-0.2, 0) is 4.79 Å². The van der Waals surface area contributed by atoms with Crippen LogP contribution < -0.4 is 5.32 Å². The van der Waals surface area contributed by atoms with Crippen LogP contribution in [0.25, 0.3) is 6.08 Å². The van der Waals surface area contributed by atoms with E-state index in [2.05, 4.69) is 10.3 Å². The van der Waals surface area contributed by atoms with Crippen LogP contribution in [0.15, 0.2) is 24.4 Å². The van der Waals surface area contributed by atoms with Crippen molar-refractivity contribution >= 4 is 23.9 Å². The van der Waals surface area contributed by atoms with Gasteiger partial charge >= 0.3 is 18.2 Å². The first-order valence-electron chi connectivity index (χ1n) is 5.63. The quantitative estimate of drug-likeness (QED) is 0.835. The van der Waals surface area contributed by atoms with Crippen molar-refractivity contribution < 1.29 is 27.9 Å². The molecule has 1 heterocycles. The molecule has 114 valence electrons. The molecule has 0 saturated carbocycles. The smallest absolute Gasteiger partial charge is 0.406 e. The Balaban J connectivity index is 2.63. The summed E-state index contributed by atoms with van der Waals surface area (Å²) in [7, 11) is 1.01. The third kappa shape index (κ3) is 6.41. The van der Waals surface area contributed by atoms with E-state index in [0.29, 0.717) is 10.5 Å². The molecule has 0 saturated heterocycles. The minimum Gasteiger partial charge on any atom is -0.478 e. The second-order valence-corrected chi connectivity index (χ2v) is 4.05. The molecular formula is C12H12F3N3O3. The maximum atomic E-state index is 12.1. The van der Waals surface area contributed by atoms with Crippen LogP contribution in [0.5, 0.6) is 0 Å². The van der Waals surface area contributed by atoms with E-state index in [1.807, 2.05) is 0 Å². The Kier molecular flexibility index (Phi) is 5.28. The van der Waals surface area contributed by atoms with Crippen molar-refractivity contribution in [1.29, 1.82) is 0 Å². The lowest BCUT2D eigenvalue weighted by atomic mass is 10.2. The molecule has 0 bridgehead atoms. The van der Waals surface area contributed by atoms with Crippen molar-refractivity contribution in [3.05, 3.63) is 30.0 Å². The van der Waals surface area contributed by atoms with Gasteiger partial charge in [0.25, 0.3) is 0 Å². The number of carbonyl (C=O) groups is 2. The van der Waals surface area contributed by atoms with Crippen molar-refractivity contribution in [1.82, 2.24) is 9.88 Å². The Morgan fingerprint density at radius 1 is 1.43 bits per heavy atom. The SMILES string of the molecule is CN(CC(F)(F)F)C(=O)Nc1ccc(C=CC(=O)O)cn1. The number of hydrogen-bond donors (Lipinski definition) is 2. The van der Waals surface area contributed by atoms with Gasteiger partial charge in [-0.25, -0.2) is 14.6 Å². The summed E-state index contributed by atoms with van der Waals surface area (Å²) in [6, 6.07) is 1.86. The van der Waals surface area contributed by atoms with Crippen molar-refractivity contribution in [2.75, 3.05) is 18.9 Å². The van der Waals surface area contributed by atoms with Gasteiger partial charge in [-0.1, -0.05) is 0 Å². The number of rotatable bonds is 4. The number of nitrogens with zero attached hydrogens (tertiary/aromatic N) is 2. The molecule has 0 radical (unpaired) electrons. The lowest BCUT2D eigenvalue weighted by Gasteiger charge is -2.19. The largest absolute Gasteiger partial charge is 0.478 e. The molecule has 9 heteroatoms. The number of carboxylic acid groups (broad SMARTS) is 1. The molecule has 0 aliphatic carbocycles. The number of aliphatic carboxylic acids is 1. The predicted molar refractivity (Wildman–Crippen MR) is 68.6 cm³/mol. The van der Waals surface area contributed by atoms with Crippen LogP contribution in [0, 0.1) is 0 Å². The zero-order valence-corrected chi connectivity index (χ0v) is 10.9. The van der Waals surface area contributed by atoms with Crippen LogP contribution in [-0.4, -0.2) is 46.8 Å². The van der Waals surface area contributed by atoms with Crippen LogP contribution in [0.2, 0.25) is 0 Å². The standard InChI is InChI=1S/C12H12F3N3O3/c1-18(7-12(13,14)15)11(21)17-9-4-2-8(6-16-9)3-5-10(19)20/h2-6H,7H2,1H3,(H,19,20)(H,16,17,21). The molecule has 0 aliphatic heterocycles. The van der Waals surface area contributed by atoms with E-state index in [-0.39, 0.29) is 5.82 Å². The summed E-state index contributed by atoms with van der Waals surface area (Å²) in [5.41, 5.74) is 0.471. The summed E-state index contributed by atoms with van der Waals surface area (Å²) in [5.74, 6) is -1.07. The molecule has 1 aromatic heterocycles. The zero-order chi connectivity index (χ0) is 16.0. The van der Waals surface area contributed by atoms with Gasteiger partial charge in [0.2, 0.25) is 0 Å². The number of alkyl halides is 3. The van der Waals surface area contributed by atoms with Gasteiger partial charge in [0.15, 0.2) is 0 Å². The Hall–Kier alpha value is -2.58. The van der Waals surface area contributed by atoms with Gasteiger partial charge in [0.05, 0.1) is 0 Å². The zero-order valence-electron chi connectivity index (χ0n) is 10.9. The lowest BCUT2D eigenvalue weighted by molar-refractivity contribution is -0.137. The first-order valence-corrected chi connectivity index (χ1v) is 5.63. The molecule has 2 amide bonds. The third-order valence-corrected chi connectivity index (χ3v) is 2.20. The normalized spacial score (nSPS) is 11.4. The van der Waals surface area contributed by atoms with E-state index in [1.165, 1.54) is 24.4 Å². The molecule has 21 heavy (non-hydrogen) atoms. The van der Waals surface area contributed by atoms with Crippen LogP contribution in [0.1, 0.15) is 5.56 Å². The number of aromatic nitrogens is 1. The number of urea groups is 1. The molecule has 2 N–H and O–H groups in total. The second-order valence-electron chi connectivity index (χ2n) is 4.05. The number of hydrogen-bond acceptors (Lipinski definition) is 3. The summed E-state index contributed by atoms with van der Waals surface area (Å²) in [5, 5.41) is 10.6. The maximum Gasteiger partial charge on any atom is 0.406 e. The highest BCUT2D eigenvalue weighted by atomic mass is 19.4. The van der Waals surface area contributed by atoms with Gasteiger partial charge in [0, 0.05) is 19.3 Å². The highest BCUT2D eigenvalue weighted by molar-refractivity contribution is 5.88. The van der Waals surface area contributed by atoms with E-state index in [4.69, 9.17) is 5.11 Å². The fourth-order valence-electron chi connectivity index (χ4n) is 1.29. The molecule has 0 unspecified atom stereocenters. The number of carbonyl (C=O) groups excluding carboxylic acids is 1. The van der Waals surface area contributed by atoms with E-state index in [1.54, 1.807) is 0 Å². The van der Waals surface area contributed by atoms with Crippen molar-refractivity contribution in [3.8, 4) is 0 Å². The number of nitrogens with one attached hydrogen (secondary N) is 1. The predicted octanol–water partition coefficient (Wildman–Crippen LogP) is 2.21. The number of carboxylic acids is 1. The second kappa shape index (κ2) is 6.73. The topological polar surface area (TPSA) is 82.5 Å². The molecule has 6 nitrogen and oxygen atoms in total. The van der Waals surface area contributed by atoms with Crippen molar-refractivity contribution in [3.63, 3.8) is 0 Å². The Morgan fingerprint density at radius 3 is 2.57 bits per heavy atom. The van der Waals surface area contributed by atoms with E-state index >= 15 is 0 Å². The third-order valence-electron chi connectivity index (χ3n) is 2.20. The molecule has 1 aromatic rings. The molecule has 0 aromatic carbocycles. The van der Waals surface area contributed by atoms with Crippen LogP contribution >= 0.6 is 0 Å². The van der Waals surface area contributed by atoms with Gasteiger partial charge < -0.3 is 10.0 Å². The summed E-state index contributed by atoms with van der Waals surface area (Å²) >= 11 is 0. The molecular weight excluding hydrogens is 291 g/mol. The van der Waals surface area contributed by atoms with E-state index in [0.717, 1.165) is 13.1 Å². The molecule has 0 aliphatic rings. The van der Waals surface area contributed by atoms with Gasteiger partial charge in [0.1, 0.15) is 12.4 Å². The lowest BCUT2D eigenvalue weighted by Crippen LogP contribution is -2.38. The van der Waals surface area contributed by atoms with Gasteiger partial charge in [-0.2, -0.15) is 13.2 Å². The van der Waals surface area contributed by atoms with Gasteiger partial charge in [-0.3, -0.25) is 5.32 Å². The summed E-state index contributed by atoms with van der Waals surface area (Å²) in [6.45, 7) is -1.38. The van der Waals surface area contributed by atoms with Crippen LogP contribution in [0.4, 0.5) is 23.8 Å². The molecule has 0 spiro atoms. The monoisotopic (exact) mass is 303 g/mol. The highest BCUT2D eigenvalue weighted by Crippen LogP contribution is 2.16. The minimum absolute atomic E-state index is 0.0569. The fraction of sp³-hybridized carbons (Fsp3) is 0.250. The van der Waals surface area contributed by atoms with Crippen molar-refractivity contribution in [2.24, 2.45) is 0 Å². The average molecular weight is 303 g/mol. The van der Waals surface area contributed by atoms with E-state index < -0.39 is 24.7 Å². The minimum atomic E-state index is -4.48. The van der Waals surface area contributed by atoms with Gasteiger partial charge in [-0.05, 0) is 23.8 Å². The Bertz CT molecular complexity index is 541. The summed E-state index contributed by atoms with van der Waals surface area (Å²) in [6.07, 6.45) is -1.01. The van der Waals surface area contributed by atoms with E-state index in [9.17, 15) is 22.8 Å². The summed E-state index contributed by atoms with van der Waals surface area (Å²) < 4.78 is 36.3. The molecule has 1 rings (SSSR count). The average Bonchev–Trinajstić information content (AvgIpc) is 2.35. The molecule has 0 atom stereocenters. The number of amides is 2. The highest BCUT2D eigenvalue weighted by Gasteiger charge is 2.31. The van der Waals surface area contributed by atoms with Gasteiger partial charge in [-0.15, -0.1) is 0 Å². The number of anilines is 1. The summed E-state index contributed by atoms with van der Waals surface area (Å²) in [4.78, 5) is 26.0. The Morgan fingerprint density at radius 2 is 2.10 bits per heavy atom. The van der Waals surface area contributed by atoms with Crippen LogP contribution in [0.3, 0.4) is 0 Å². The first kappa shape index (κ1) is 16.5. The molecule has 0 fully saturated rings. The van der Waals surface area contributed by atoms with Crippen molar-refractivity contribution in [2.45, 2.75) is 6.18 Å².